The van der Waals surface area contributed by atoms with Crippen LogP contribution < -0.4 is 15.2 Å². The summed E-state index contributed by atoms with van der Waals surface area (Å²) in [5.41, 5.74) is 5.00. The van der Waals surface area contributed by atoms with Crippen LogP contribution in [0, 0.1) is 11.6 Å². The maximum atomic E-state index is 13.4. The minimum absolute atomic E-state index is 0.232. The zero-order valence-electron chi connectivity index (χ0n) is 10.4. The Morgan fingerprint density at radius 3 is 2.20 bits per heavy atom. The lowest BCUT2D eigenvalue weighted by atomic mass is 10.3. The predicted octanol–water partition coefficient (Wildman–Crippen LogP) is -0.625. The van der Waals surface area contributed by atoms with Crippen LogP contribution >= 0.6 is 0 Å². The first kappa shape index (κ1) is 16.8. The Bertz CT molecular complexity index is 704. The summed E-state index contributed by atoms with van der Waals surface area (Å²) >= 11 is 0. The normalized spacial score (nSPS) is 12.6. The van der Waals surface area contributed by atoms with Gasteiger partial charge < -0.3 is 5.73 Å². The number of benzene rings is 1. The lowest BCUT2D eigenvalue weighted by Crippen LogP contribution is -2.34. The van der Waals surface area contributed by atoms with Crippen LogP contribution in [-0.2, 0) is 20.0 Å². The summed E-state index contributed by atoms with van der Waals surface area (Å²) in [4.78, 5) is -0.936. The Morgan fingerprint density at radius 1 is 1.10 bits per heavy atom. The Labute approximate surface area is 115 Å². The fraction of sp³-hybridized carbons (Fsp3) is 0.333. The molecule has 0 fully saturated rings. The number of halogens is 2. The van der Waals surface area contributed by atoms with Gasteiger partial charge in [0.15, 0.2) is 11.6 Å². The molecule has 11 heteroatoms. The maximum Gasteiger partial charge on any atom is 0.243 e. The highest BCUT2D eigenvalue weighted by Crippen LogP contribution is 2.20. The lowest BCUT2D eigenvalue weighted by Gasteiger charge is -2.09. The van der Waals surface area contributed by atoms with Gasteiger partial charge in [0.25, 0.3) is 0 Å². The molecule has 114 valence electrons. The third-order valence-electron chi connectivity index (χ3n) is 2.09. The highest BCUT2D eigenvalue weighted by molar-refractivity contribution is 7.89. The molecule has 0 radical (unpaired) electrons. The minimum Gasteiger partial charge on any atom is -0.399 e. The Morgan fingerprint density at radius 2 is 1.65 bits per heavy atom. The summed E-state index contributed by atoms with van der Waals surface area (Å²) in [6.45, 7) is -0.560. The van der Waals surface area contributed by atoms with E-state index >= 15 is 0 Å². The van der Waals surface area contributed by atoms with Crippen molar-refractivity contribution in [1.29, 1.82) is 0 Å². The van der Waals surface area contributed by atoms with Gasteiger partial charge in [0.2, 0.25) is 20.0 Å². The number of anilines is 1. The van der Waals surface area contributed by atoms with Gasteiger partial charge in [-0.15, -0.1) is 0 Å². The standard InChI is InChI=1S/C9H13F2N3O4S2/c1-19(15,16)13-2-3-14-20(17,18)8-5-6(12)4-7(10)9(8)11/h4-5,13-14H,2-3,12H2,1H3. The van der Waals surface area contributed by atoms with Gasteiger partial charge in [-0.3, -0.25) is 0 Å². The quantitative estimate of drug-likeness (QED) is 0.474. The maximum absolute atomic E-state index is 13.4. The third kappa shape index (κ3) is 4.67. The summed E-state index contributed by atoms with van der Waals surface area (Å²) < 4.78 is 75.4. The molecule has 0 bridgehead atoms. The molecular weight excluding hydrogens is 316 g/mol. The fourth-order valence-electron chi connectivity index (χ4n) is 1.28. The summed E-state index contributed by atoms with van der Waals surface area (Å²) in [6, 6.07) is 1.42. The molecule has 0 unspecified atom stereocenters. The van der Waals surface area contributed by atoms with Crippen molar-refractivity contribution in [2.75, 3.05) is 25.1 Å². The van der Waals surface area contributed by atoms with Gasteiger partial charge in [-0.1, -0.05) is 0 Å². The van der Waals surface area contributed by atoms with E-state index in [1.807, 2.05) is 9.44 Å². The second-order valence-electron chi connectivity index (χ2n) is 3.88. The molecule has 1 aromatic carbocycles. The third-order valence-corrected chi connectivity index (χ3v) is 4.28. The summed E-state index contributed by atoms with van der Waals surface area (Å²) in [5, 5.41) is 0. The van der Waals surface area contributed by atoms with Crippen LogP contribution in [0.2, 0.25) is 0 Å². The number of nitrogens with two attached hydrogens (primary N) is 1. The number of rotatable bonds is 6. The largest absolute Gasteiger partial charge is 0.399 e. The molecular formula is C9H13F2N3O4S2. The number of hydrogen-bond donors (Lipinski definition) is 3. The topological polar surface area (TPSA) is 118 Å². The first-order valence-electron chi connectivity index (χ1n) is 5.22. The van der Waals surface area contributed by atoms with Crippen LogP contribution in [0.3, 0.4) is 0 Å². The van der Waals surface area contributed by atoms with Gasteiger partial charge in [-0.2, -0.15) is 0 Å². The van der Waals surface area contributed by atoms with E-state index in [9.17, 15) is 25.6 Å². The zero-order valence-corrected chi connectivity index (χ0v) is 12.0. The molecule has 0 aliphatic rings. The monoisotopic (exact) mass is 329 g/mol. The van der Waals surface area contributed by atoms with Gasteiger partial charge in [-0.25, -0.2) is 35.1 Å². The second-order valence-corrected chi connectivity index (χ2v) is 7.45. The first-order valence-corrected chi connectivity index (χ1v) is 8.59. The van der Waals surface area contributed by atoms with E-state index in [1.165, 1.54) is 0 Å². The van der Waals surface area contributed by atoms with Crippen LogP contribution in [0.15, 0.2) is 17.0 Å². The molecule has 1 aromatic rings. The van der Waals surface area contributed by atoms with E-state index in [0.29, 0.717) is 6.07 Å². The van der Waals surface area contributed by atoms with Gasteiger partial charge >= 0.3 is 0 Å². The van der Waals surface area contributed by atoms with Crippen LogP contribution in [0.4, 0.5) is 14.5 Å². The van der Waals surface area contributed by atoms with E-state index in [4.69, 9.17) is 5.73 Å². The predicted molar refractivity (Wildman–Crippen MR) is 68.8 cm³/mol. The van der Waals surface area contributed by atoms with E-state index in [0.717, 1.165) is 12.3 Å². The van der Waals surface area contributed by atoms with Crippen molar-refractivity contribution in [2.45, 2.75) is 4.90 Å². The highest BCUT2D eigenvalue weighted by Gasteiger charge is 2.22. The molecule has 0 aromatic heterocycles. The second kappa shape index (κ2) is 5.99. The van der Waals surface area contributed by atoms with Crippen molar-refractivity contribution in [1.82, 2.24) is 9.44 Å². The number of sulfonamides is 2. The van der Waals surface area contributed by atoms with E-state index in [2.05, 4.69) is 0 Å². The van der Waals surface area contributed by atoms with Gasteiger partial charge in [-0.05, 0) is 12.1 Å². The molecule has 0 aliphatic carbocycles. The van der Waals surface area contributed by atoms with Crippen molar-refractivity contribution in [3.05, 3.63) is 23.8 Å². The van der Waals surface area contributed by atoms with Crippen molar-refractivity contribution < 1.29 is 25.6 Å². The van der Waals surface area contributed by atoms with Crippen LogP contribution in [0.5, 0.6) is 0 Å². The van der Waals surface area contributed by atoms with Crippen molar-refractivity contribution in [2.24, 2.45) is 0 Å². The summed E-state index contributed by atoms with van der Waals surface area (Å²) in [5.74, 6) is -2.94. The van der Waals surface area contributed by atoms with Crippen LogP contribution in [0.25, 0.3) is 0 Å². The molecule has 0 saturated carbocycles. The average Bonchev–Trinajstić information content (AvgIpc) is 2.28. The van der Waals surface area contributed by atoms with Crippen LogP contribution in [-0.4, -0.2) is 36.2 Å². The van der Waals surface area contributed by atoms with Gasteiger partial charge in [0.1, 0.15) is 4.90 Å². The SMILES string of the molecule is CS(=O)(=O)NCCNS(=O)(=O)c1cc(N)cc(F)c1F. The molecule has 0 heterocycles. The molecule has 20 heavy (non-hydrogen) atoms. The van der Waals surface area contributed by atoms with Crippen molar-refractivity contribution in [3.8, 4) is 0 Å². The van der Waals surface area contributed by atoms with Gasteiger partial charge in [0, 0.05) is 18.8 Å². The Hall–Kier alpha value is -1.30. The lowest BCUT2D eigenvalue weighted by molar-refractivity contribution is 0.484. The molecule has 0 atom stereocenters. The zero-order chi connectivity index (χ0) is 15.6. The van der Waals surface area contributed by atoms with E-state index < -0.39 is 36.6 Å². The molecule has 1 rings (SSSR count). The summed E-state index contributed by atoms with van der Waals surface area (Å²) in [7, 11) is -7.80. The number of hydrogen-bond acceptors (Lipinski definition) is 5. The Kier molecular flexibility index (Phi) is 5.02. The molecule has 7 nitrogen and oxygen atoms in total. The van der Waals surface area contributed by atoms with E-state index in [1.54, 1.807) is 0 Å². The molecule has 0 aliphatic heterocycles. The Balaban J connectivity index is 2.85. The number of nitrogens with one attached hydrogen (secondary N) is 2. The highest BCUT2D eigenvalue weighted by atomic mass is 32.2. The van der Waals surface area contributed by atoms with Gasteiger partial charge in [0.05, 0.1) is 6.26 Å². The average molecular weight is 329 g/mol. The number of nitrogen functional groups attached to an aromatic ring is 1. The summed E-state index contributed by atoms with van der Waals surface area (Å²) in [6.07, 6.45) is 0.897. The molecule has 4 N–H and O–H groups in total. The molecule has 0 saturated heterocycles. The fourth-order valence-corrected chi connectivity index (χ4v) is 2.90. The minimum atomic E-state index is -4.33. The van der Waals surface area contributed by atoms with Crippen LogP contribution in [0.1, 0.15) is 0 Å². The molecule has 0 amide bonds. The smallest absolute Gasteiger partial charge is 0.243 e. The molecule has 0 spiro atoms. The first-order chi connectivity index (χ1) is 9.03. The van der Waals surface area contributed by atoms with Crippen molar-refractivity contribution >= 4 is 25.7 Å². The van der Waals surface area contributed by atoms with E-state index in [-0.39, 0.29) is 18.8 Å². The van der Waals surface area contributed by atoms with Crippen molar-refractivity contribution in [3.63, 3.8) is 0 Å².